The Kier molecular flexibility index (Phi) is 3.21. The van der Waals surface area contributed by atoms with Crippen molar-refractivity contribution in [3.8, 4) is 0 Å². The van der Waals surface area contributed by atoms with Gasteiger partial charge in [0.15, 0.2) is 11.9 Å². The van der Waals surface area contributed by atoms with Gasteiger partial charge in [-0.15, -0.1) is 0 Å². The molecule has 3 N–H and O–H groups in total. The highest BCUT2D eigenvalue weighted by Crippen LogP contribution is 2.74. The van der Waals surface area contributed by atoms with E-state index in [0.717, 1.165) is 5.57 Å². The van der Waals surface area contributed by atoms with Crippen molar-refractivity contribution in [2.75, 3.05) is 6.61 Å². The van der Waals surface area contributed by atoms with Crippen LogP contribution in [0.3, 0.4) is 0 Å². The maximum absolute atomic E-state index is 12.3. The molecular formula is C19H24O8. The number of hydrogen-bond acceptors (Lipinski definition) is 8. The molecule has 8 heteroatoms. The van der Waals surface area contributed by atoms with Gasteiger partial charge in [-0.2, -0.15) is 0 Å². The number of carbonyl (C=O) groups is 2. The smallest absolute Gasteiger partial charge is 0.335 e. The minimum absolute atomic E-state index is 0.0637. The number of esters is 2. The first kappa shape index (κ1) is 17.6. The van der Waals surface area contributed by atoms with Crippen LogP contribution >= 0.6 is 0 Å². The molecule has 0 aromatic carbocycles. The lowest BCUT2D eigenvalue weighted by Gasteiger charge is -2.56. The zero-order valence-corrected chi connectivity index (χ0v) is 15.4. The van der Waals surface area contributed by atoms with Gasteiger partial charge in [0.05, 0.1) is 6.61 Å². The summed E-state index contributed by atoms with van der Waals surface area (Å²) in [4.78, 5) is 24.2. The van der Waals surface area contributed by atoms with Crippen LogP contribution in [0.25, 0.3) is 0 Å². The standard InChI is InChI=1S/C19H24O8/c1-7-4-10(20)27-14(7)17(3)5-9-18-6-25-19(24,16(17)18)13(22)8(2)11(18)12(21)15(23)26-9/h4,8-9,11-14,16,21-22,24H,5-6H2,1-3H3/t8-,9-,11-,12-,13-,14+,16-,17-,18+,19+/m1/s1. The SMILES string of the molecule is CC1=CC(=O)O[C@@H]1[C@@]1(C)C[C@H]2OC(=O)[C@H](O)[C@H]3[C@@H](C)[C@@H](O)[C@]4(O)OC[C@@]32[C@@H]14. The molecule has 3 heterocycles. The van der Waals surface area contributed by atoms with Gasteiger partial charge in [-0.3, -0.25) is 0 Å². The lowest BCUT2D eigenvalue weighted by atomic mass is 9.50. The van der Waals surface area contributed by atoms with Gasteiger partial charge in [0.2, 0.25) is 0 Å². The molecule has 5 rings (SSSR count). The zero-order chi connectivity index (χ0) is 19.5. The van der Waals surface area contributed by atoms with Crippen LogP contribution in [0.2, 0.25) is 0 Å². The van der Waals surface area contributed by atoms with E-state index in [9.17, 15) is 24.9 Å². The molecule has 148 valence electrons. The molecule has 0 radical (unpaired) electrons. The van der Waals surface area contributed by atoms with Crippen molar-refractivity contribution in [2.45, 2.75) is 57.4 Å². The van der Waals surface area contributed by atoms with Gasteiger partial charge >= 0.3 is 11.9 Å². The van der Waals surface area contributed by atoms with E-state index >= 15 is 0 Å². The van der Waals surface area contributed by atoms with E-state index in [-0.39, 0.29) is 6.61 Å². The largest absolute Gasteiger partial charge is 0.460 e. The van der Waals surface area contributed by atoms with Gasteiger partial charge in [0.1, 0.15) is 18.3 Å². The molecular weight excluding hydrogens is 356 g/mol. The Bertz CT molecular complexity index is 778. The summed E-state index contributed by atoms with van der Waals surface area (Å²) < 4.78 is 16.9. The summed E-state index contributed by atoms with van der Waals surface area (Å²) in [6, 6.07) is 0. The van der Waals surface area contributed by atoms with E-state index in [2.05, 4.69) is 0 Å². The average molecular weight is 380 g/mol. The zero-order valence-electron chi connectivity index (χ0n) is 15.4. The Morgan fingerprint density at radius 3 is 2.56 bits per heavy atom. The fraction of sp³-hybridized carbons (Fsp3) is 0.789. The lowest BCUT2D eigenvalue weighted by Crippen LogP contribution is -2.69. The van der Waals surface area contributed by atoms with Crippen LogP contribution in [0.15, 0.2) is 11.6 Å². The Morgan fingerprint density at radius 1 is 1.22 bits per heavy atom. The van der Waals surface area contributed by atoms with Gasteiger partial charge in [0.25, 0.3) is 0 Å². The molecule has 2 saturated carbocycles. The number of rotatable bonds is 1. The van der Waals surface area contributed by atoms with E-state index in [1.807, 2.05) is 6.92 Å². The van der Waals surface area contributed by atoms with Crippen LogP contribution in [-0.4, -0.2) is 64.1 Å². The molecule has 8 nitrogen and oxygen atoms in total. The summed E-state index contributed by atoms with van der Waals surface area (Å²) in [6.07, 6.45) is -2.14. The van der Waals surface area contributed by atoms with E-state index in [1.165, 1.54) is 6.08 Å². The molecule has 0 unspecified atom stereocenters. The minimum Gasteiger partial charge on any atom is -0.460 e. The molecule has 1 spiro atoms. The maximum Gasteiger partial charge on any atom is 0.335 e. The topological polar surface area (TPSA) is 123 Å². The second kappa shape index (κ2) is 4.92. The van der Waals surface area contributed by atoms with Gasteiger partial charge in [-0.05, 0) is 24.8 Å². The summed E-state index contributed by atoms with van der Waals surface area (Å²) in [5.41, 5.74) is -0.950. The molecule has 4 fully saturated rings. The maximum atomic E-state index is 12.3. The normalized spacial score (nSPS) is 58.6. The summed E-state index contributed by atoms with van der Waals surface area (Å²) in [5.74, 6) is -4.88. The van der Waals surface area contributed by atoms with E-state index in [1.54, 1.807) is 13.8 Å². The molecule has 5 aliphatic rings. The van der Waals surface area contributed by atoms with Crippen molar-refractivity contribution in [2.24, 2.45) is 28.6 Å². The van der Waals surface area contributed by atoms with E-state index in [4.69, 9.17) is 14.2 Å². The van der Waals surface area contributed by atoms with Crippen LogP contribution in [0.1, 0.15) is 27.2 Å². The molecule has 2 aliphatic carbocycles. The number of hydrogen-bond donors (Lipinski definition) is 3. The lowest BCUT2D eigenvalue weighted by molar-refractivity contribution is -0.304. The molecule has 10 atom stereocenters. The highest BCUT2D eigenvalue weighted by atomic mass is 16.7. The fourth-order valence-electron chi connectivity index (χ4n) is 7.19. The fourth-order valence-corrected chi connectivity index (χ4v) is 7.19. The molecule has 0 aromatic heterocycles. The van der Waals surface area contributed by atoms with Crippen LogP contribution in [-0.2, 0) is 23.8 Å². The Labute approximate surface area is 156 Å². The number of aliphatic hydroxyl groups excluding tert-OH is 2. The number of carbonyl (C=O) groups excluding carboxylic acids is 2. The third-order valence-corrected chi connectivity index (χ3v) is 7.93. The van der Waals surface area contributed by atoms with Crippen LogP contribution in [0, 0.1) is 28.6 Å². The second-order valence-electron chi connectivity index (χ2n) is 9.20. The van der Waals surface area contributed by atoms with Gasteiger partial charge < -0.3 is 29.5 Å². The summed E-state index contributed by atoms with van der Waals surface area (Å²) >= 11 is 0. The van der Waals surface area contributed by atoms with Crippen molar-refractivity contribution in [1.29, 1.82) is 0 Å². The van der Waals surface area contributed by atoms with Gasteiger partial charge in [0, 0.05) is 28.7 Å². The van der Waals surface area contributed by atoms with Crippen molar-refractivity contribution >= 4 is 11.9 Å². The van der Waals surface area contributed by atoms with Gasteiger partial charge in [-0.25, -0.2) is 9.59 Å². The second-order valence-corrected chi connectivity index (χ2v) is 9.20. The third-order valence-electron chi connectivity index (χ3n) is 7.93. The quantitative estimate of drug-likeness (QED) is 0.521. The van der Waals surface area contributed by atoms with Crippen molar-refractivity contribution in [3.05, 3.63) is 11.6 Å². The Hall–Kier alpha value is -1.48. The number of cyclic esters (lactones) is 1. The first-order valence-corrected chi connectivity index (χ1v) is 9.39. The molecule has 0 aromatic rings. The highest BCUT2D eigenvalue weighted by Gasteiger charge is 2.84. The molecule has 0 amide bonds. The first-order chi connectivity index (χ1) is 12.6. The van der Waals surface area contributed by atoms with E-state index < -0.39 is 70.7 Å². The summed E-state index contributed by atoms with van der Waals surface area (Å²) in [6.45, 7) is 5.43. The Morgan fingerprint density at radius 2 is 1.93 bits per heavy atom. The summed E-state index contributed by atoms with van der Waals surface area (Å²) in [5, 5.41) is 33.0. The molecule has 3 aliphatic heterocycles. The Balaban J connectivity index is 1.71. The molecule has 2 saturated heterocycles. The monoisotopic (exact) mass is 380 g/mol. The molecule has 27 heavy (non-hydrogen) atoms. The highest BCUT2D eigenvalue weighted by molar-refractivity contribution is 5.86. The van der Waals surface area contributed by atoms with Crippen molar-refractivity contribution in [3.63, 3.8) is 0 Å². The number of aliphatic hydroxyl groups is 3. The van der Waals surface area contributed by atoms with Crippen LogP contribution < -0.4 is 0 Å². The van der Waals surface area contributed by atoms with E-state index in [0.29, 0.717) is 6.42 Å². The summed E-state index contributed by atoms with van der Waals surface area (Å²) in [7, 11) is 0. The van der Waals surface area contributed by atoms with Gasteiger partial charge in [-0.1, -0.05) is 13.8 Å². The first-order valence-electron chi connectivity index (χ1n) is 9.39. The predicted molar refractivity (Wildman–Crippen MR) is 87.7 cm³/mol. The van der Waals surface area contributed by atoms with Crippen molar-refractivity contribution in [1.82, 2.24) is 0 Å². The minimum atomic E-state index is -1.86. The number of ether oxygens (including phenoxy) is 3. The van der Waals surface area contributed by atoms with Crippen LogP contribution in [0.4, 0.5) is 0 Å². The van der Waals surface area contributed by atoms with Crippen LogP contribution in [0.5, 0.6) is 0 Å². The molecule has 2 bridgehead atoms. The predicted octanol–water partition coefficient (Wildman–Crippen LogP) is -0.497. The average Bonchev–Trinajstić information content (AvgIpc) is 3.17. The van der Waals surface area contributed by atoms with Crippen molar-refractivity contribution < 1.29 is 39.1 Å². The third kappa shape index (κ3) is 1.74.